The minimum Gasteiger partial charge on any atom is -0.278 e. The van der Waals surface area contributed by atoms with Gasteiger partial charge in [0.15, 0.2) is 0 Å². The lowest BCUT2D eigenvalue weighted by atomic mass is 9.93. The Morgan fingerprint density at radius 2 is 0.747 bits per heavy atom. The fraction of sp³-hybridized carbons (Fsp3) is 0.0435. The van der Waals surface area contributed by atoms with E-state index >= 15 is 0 Å². The first-order chi connectivity index (χ1) is 37.2. The molecule has 9 aromatic carbocycles. The Balaban J connectivity index is 0.883. The SMILES string of the molecule is C1=CC(c2ccccc2)CCC(c2cc(-c3ccccc3)nc(-n3c4ccccc4c4cc(-c5ccc6c(c5)c5ccccc5n6-c5nc(-c6ccccc6)cc(-c6cccc(-c7ccccc7)c6)n5)ccc43)n2)=C1. The molecule has 0 N–H and O–H groups in total. The molecule has 0 aliphatic heterocycles. The van der Waals surface area contributed by atoms with E-state index < -0.39 is 0 Å². The van der Waals surface area contributed by atoms with E-state index in [4.69, 9.17) is 19.9 Å². The zero-order valence-corrected chi connectivity index (χ0v) is 41.0. The highest BCUT2D eigenvalue weighted by molar-refractivity contribution is 6.12. The Hall–Kier alpha value is -9.78. The van der Waals surface area contributed by atoms with E-state index in [1.165, 1.54) is 11.1 Å². The second-order valence-electron chi connectivity index (χ2n) is 19.4. The van der Waals surface area contributed by atoms with Crippen LogP contribution in [0.25, 0.3) is 117 Å². The number of hydrogen-bond donors (Lipinski definition) is 0. The van der Waals surface area contributed by atoms with Crippen molar-refractivity contribution in [2.75, 3.05) is 0 Å². The fourth-order valence-electron chi connectivity index (χ4n) is 11.1. The average Bonchev–Trinajstić information content (AvgIpc) is 3.91. The van der Waals surface area contributed by atoms with Crippen molar-refractivity contribution in [2.45, 2.75) is 18.8 Å². The zero-order valence-electron chi connectivity index (χ0n) is 41.0. The van der Waals surface area contributed by atoms with Crippen LogP contribution in [-0.2, 0) is 0 Å². The number of aromatic nitrogens is 6. The molecule has 1 unspecified atom stereocenters. The van der Waals surface area contributed by atoms with Gasteiger partial charge in [0.25, 0.3) is 0 Å². The van der Waals surface area contributed by atoms with Gasteiger partial charge in [-0.15, -0.1) is 0 Å². The van der Waals surface area contributed by atoms with Crippen LogP contribution in [0.15, 0.2) is 261 Å². The third-order valence-electron chi connectivity index (χ3n) is 14.8. The second-order valence-corrected chi connectivity index (χ2v) is 19.4. The Bertz CT molecular complexity index is 4340. The van der Waals surface area contributed by atoms with Gasteiger partial charge in [-0.1, -0.05) is 206 Å². The van der Waals surface area contributed by atoms with Crippen molar-refractivity contribution in [3.8, 4) is 67.9 Å². The van der Waals surface area contributed by atoms with Crippen LogP contribution in [0.5, 0.6) is 0 Å². The molecule has 4 aromatic heterocycles. The molecule has 0 fully saturated rings. The first-order valence-corrected chi connectivity index (χ1v) is 25.7. The van der Waals surface area contributed by atoms with E-state index in [1.807, 2.05) is 6.07 Å². The van der Waals surface area contributed by atoms with E-state index in [2.05, 4.69) is 264 Å². The van der Waals surface area contributed by atoms with Gasteiger partial charge >= 0.3 is 0 Å². The molecule has 4 heterocycles. The van der Waals surface area contributed by atoms with Crippen molar-refractivity contribution < 1.29 is 0 Å². The van der Waals surface area contributed by atoms with Crippen molar-refractivity contribution in [1.29, 1.82) is 0 Å². The lowest BCUT2D eigenvalue weighted by Crippen LogP contribution is -2.05. The Morgan fingerprint density at radius 3 is 1.32 bits per heavy atom. The van der Waals surface area contributed by atoms with Crippen LogP contribution in [0.4, 0.5) is 0 Å². The van der Waals surface area contributed by atoms with Crippen molar-refractivity contribution in [3.63, 3.8) is 0 Å². The molecule has 0 bridgehead atoms. The van der Waals surface area contributed by atoms with Crippen molar-refractivity contribution in [1.82, 2.24) is 29.1 Å². The summed E-state index contributed by atoms with van der Waals surface area (Å²) >= 11 is 0. The lowest BCUT2D eigenvalue weighted by Gasteiger charge is -2.15. The van der Waals surface area contributed by atoms with Crippen molar-refractivity contribution in [2.24, 2.45) is 0 Å². The van der Waals surface area contributed by atoms with Gasteiger partial charge in [-0.2, -0.15) is 0 Å². The van der Waals surface area contributed by atoms with E-state index in [-0.39, 0.29) is 0 Å². The van der Waals surface area contributed by atoms with Crippen LogP contribution in [0.1, 0.15) is 30.0 Å². The van der Waals surface area contributed by atoms with Gasteiger partial charge < -0.3 is 0 Å². The summed E-state index contributed by atoms with van der Waals surface area (Å²) in [4.78, 5) is 21.5. The molecular weight excluding hydrogens is 913 g/mol. The smallest absolute Gasteiger partial charge is 0.235 e. The van der Waals surface area contributed by atoms with Crippen molar-refractivity contribution in [3.05, 3.63) is 272 Å². The number of rotatable bonds is 9. The molecule has 13 aromatic rings. The van der Waals surface area contributed by atoms with Crippen LogP contribution in [0, 0.1) is 0 Å². The molecule has 0 saturated heterocycles. The predicted molar refractivity (Wildman–Crippen MR) is 309 cm³/mol. The molecule has 0 radical (unpaired) electrons. The van der Waals surface area contributed by atoms with Crippen LogP contribution in [0.3, 0.4) is 0 Å². The summed E-state index contributed by atoms with van der Waals surface area (Å²) in [5.74, 6) is 1.61. The first-order valence-electron chi connectivity index (χ1n) is 25.7. The van der Waals surface area contributed by atoms with Gasteiger partial charge in [0.2, 0.25) is 11.9 Å². The molecule has 14 rings (SSSR count). The Kier molecular flexibility index (Phi) is 10.9. The normalized spacial score (nSPS) is 13.7. The minimum atomic E-state index is 0.342. The van der Waals surface area contributed by atoms with Gasteiger partial charge in [-0.05, 0) is 101 Å². The molecule has 354 valence electrons. The number of para-hydroxylation sites is 2. The molecular formula is C69H48N6. The van der Waals surface area contributed by atoms with E-state index in [0.717, 1.165) is 118 Å². The summed E-state index contributed by atoms with van der Waals surface area (Å²) in [6, 6.07) is 85.9. The minimum absolute atomic E-state index is 0.342. The maximum absolute atomic E-state index is 5.43. The molecule has 0 saturated carbocycles. The van der Waals surface area contributed by atoms with E-state index in [9.17, 15) is 0 Å². The second kappa shape index (κ2) is 18.7. The number of benzene rings is 9. The van der Waals surface area contributed by atoms with Crippen LogP contribution < -0.4 is 0 Å². The van der Waals surface area contributed by atoms with Crippen molar-refractivity contribution >= 4 is 49.2 Å². The summed E-state index contributed by atoms with van der Waals surface area (Å²) in [7, 11) is 0. The Morgan fingerprint density at radius 1 is 0.320 bits per heavy atom. The average molecular weight is 961 g/mol. The third-order valence-corrected chi connectivity index (χ3v) is 14.8. The van der Waals surface area contributed by atoms with E-state index in [0.29, 0.717) is 17.8 Å². The number of hydrogen-bond acceptors (Lipinski definition) is 4. The van der Waals surface area contributed by atoms with Gasteiger partial charge in [0.1, 0.15) is 0 Å². The third kappa shape index (κ3) is 8.10. The largest absolute Gasteiger partial charge is 0.278 e. The number of allylic oxidation sites excluding steroid dienone is 4. The molecule has 75 heavy (non-hydrogen) atoms. The highest BCUT2D eigenvalue weighted by Crippen LogP contribution is 2.40. The number of fused-ring (bicyclic) bond motifs is 6. The first kappa shape index (κ1) is 44.0. The summed E-state index contributed by atoms with van der Waals surface area (Å²) < 4.78 is 4.47. The Labute approximate surface area is 435 Å². The van der Waals surface area contributed by atoms with Crippen LogP contribution in [0.2, 0.25) is 0 Å². The molecule has 1 atom stereocenters. The molecule has 1 aliphatic carbocycles. The standard InChI is InChI=1S/C69H48N6/c1-5-19-46(20-6-1)48-27-17-28-51(36-35-48)62-44-60(49-23-9-3-10-24-49)70-68(72-62)74-64-33-15-13-31-56(64)58-42-53(37-39-66(58)74)54-38-40-67-59(43-54)57-32-14-16-34-65(57)75(67)69-71-61(50-25-11-4-12-26-50)45-63(73-69)55-30-18-29-52(41-55)47-21-7-2-8-22-47/h1-34,37-45,48H,35-36H2. The molecule has 0 amide bonds. The topological polar surface area (TPSA) is 61.4 Å². The molecule has 6 nitrogen and oxygen atoms in total. The highest BCUT2D eigenvalue weighted by atomic mass is 15.2. The monoisotopic (exact) mass is 960 g/mol. The summed E-state index contributed by atoms with van der Waals surface area (Å²) in [5.41, 5.74) is 17.9. The zero-order chi connectivity index (χ0) is 49.7. The van der Waals surface area contributed by atoms with Gasteiger partial charge in [-0.25, -0.2) is 19.9 Å². The summed E-state index contributed by atoms with van der Waals surface area (Å²) in [6.45, 7) is 0. The summed E-state index contributed by atoms with van der Waals surface area (Å²) in [6.07, 6.45) is 8.67. The van der Waals surface area contributed by atoms with Gasteiger partial charge in [-0.3, -0.25) is 9.13 Å². The fourth-order valence-corrected chi connectivity index (χ4v) is 11.1. The van der Waals surface area contributed by atoms with Gasteiger partial charge in [0.05, 0.1) is 44.8 Å². The number of nitrogens with zero attached hydrogens (tertiary/aromatic N) is 6. The molecule has 0 spiro atoms. The van der Waals surface area contributed by atoms with Crippen LogP contribution in [-0.4, -0.2) is 29.1 Å². The van der Waals surface area contributed by atoms with Gasteiger partial charge in [0, 0.05) is 44.2 Å². The summed E-state index contributed by atoms with van der Waals surface area (Å²) in [5, 5.41) is 4.54. The molecule has 6 heteroatoms. The van der Waals surface area contributed by atoms with Crippen LogP contribution >= 0.6 is 0 Å². The predicted octanol–water partition coefficient (Wildman–Crippen LogP) is 17.3. The lowest BCUT2D eigenvalue weighted by molar-refractivity contribution is 0.761. The van der Waals surface area contributed by atoms with E-state index in [1.54, 1.807) is 0 Å². The maximum Gasteiger partial charge on any atom is 0.235 e. The maximum atomic E-state index is 5.43. The highest BCUT2D eigenvalue weighted by Gasteiger charge is 2.22. The quantitative estimate of drug-likeness (QED) is 0.145. The molecule has 1 aliphatic rings.